The molecule has 1 aromatic heterocycles. The Balaban J connectivity index is 1.67. The van der Waals surface area contributed by atoms with Gasteiger partial charge in [-0.15, -0.1) is 0 Å². The van der Waals surface area contributed by atoms with Crippen molar-refractivity contribution in [2.24, 2.45) is 5.73 Å². The molecule has 2 N–H and O–H groups in total. The summed E-state index contributed by atoms with van der Waals surface area (Å²) >= 11 is 0. The maximum atomic E-state index is 12.1. The molecule has 2 aromatic rings. The molecule has 1 fully saturated rings. The fourth-order valence-electron chi connectivity index (χ4n) is 3.16. The molecule has 3 heterocycles. The Kier molecular flexibility index (Phi) is 3.50. The van der Waals surface area contributed by atoms with Crippen LogP contribution in [0.4, 0.5) is 10.5 Å². The number of carbonyl (C=O) groups excluding carboxylic acids is 2. The van der Waals surface area contributed by atoms with Crippen molar-refractivity contribution in [2.75, 3.05) is 11.4 Å². The van der Waals surface area contributed by atoms with E-state index >= 15 is 0 Å². The number of primary amides is 1. The quantitative estimate of drug-likeness (QED) is 0.930. The number of hydrogen-bond acceptors (Lipinski definition) is 4. The Bertz CT molecular complexity index is 814. The van der Waals surface area contributed by atoms with Crippen LogP contribution in [0.25, 0.3) is 5.69 Å². The molecule has 0 saturated carbocycles. The second-order valence-corrected chi connectivity index (χ2v) is 5.96. The van der Waals surface area contributed by atoms with Crippen LogP contribution in [0.15, 0.2) is 36.5 Å². The van der Waals surface area contributed by atoms with Gasteiger partial charge in [-0.2, -0.15) is 0 Å². The van der Waals surface area contributed by atoms with Crippen molar-refractivity contribution < 1.29 is 19.1 Å². The fraction of sp³-hybridized carbons (Fsp3) is 0.294. The zero-order chi connectivity index (χ0) is 16.7. The zero-order valence-electron chi connectivity index (χ0n) is 13.0. The Morgan fingerprint density at radius 2 is 2.17 bits per heavy atom. The Hall–Kier alpha value is -2.80. The molecule has 2 aliphatic heterocycles. The van der Waals surface area contributed by atoms with Gasteiger partial charge in [-0.3, -0.25) is 9.69 Å². The lowest BCUT2D eigenvalue weighted by Gasteiger charge is -2.17. The third-order valence-electron chi connectivity index (χ3n) is 4.28. The van der Waals surface area contributed by atoms with Gasteiger partial charge in [0.1, 0.15) is 6.10 Å². The molecule has 0 aliphatic carbocycles. The van der Waals surface area contributed by atoms with Crippen LogP contribution in [-0.2, 0) is 27.5 Å². The van der Waals surface area contributed by atoms with E-state index in [0.29, 0.717) is 19.8 Å². The first kappa shape index (κ1) is 14.8. The number of aromatic nitrogens is 1. The van der Waals surface area contributed by atoms with Crippen molar-refractivity contribution in [3.63, 3.8) is 0 Å². The van der Waals surface area contributed by atoms with Gasteiger partial charge in [-0.05, 0) is 24.3 Å². The highest BCUT2D eigenvalue weighted by Gasteiger charge is 2.33. The van der Waals surface area contributed by atoms with E-state index in [1.165, 1.54) is 4.90 Å². The van der Waals surface area contributed by atoms with Crippen molar-refractivity contribution in [1.82, 2.24) is 4.57 Å². The lowest BCUT2D eigenvalue weighted by atomic mass is 10.1. The third-order valence-corrected chi connectivity index (χ3v) is 4.28. The predicted octanol–water partition coefficient (Wildman–Crippen LogP) is 1.71. The highest BCUT2D eigenvalue weighted by Crippen LogP contribution is 2.30. The first-order valence-corrected chi connectivity index (χ1v) is 7.75. The highest BCUT2D eigenvalue weighted by molar-refractivity contribution is 5.91. The summed E-state index contributed by atoms with van der Waals surface area (Å²) in [6.07, 6.45) is 1.05. The molecule has 24 heavy (non-hydrogen) atoms. The normalized spacial score (nSPS) is 19.4. The van der Waals surface area contributed by atoms with Gasteiger partial charge in [0.25, 0.3) is 0 Å². The minimum Gasteiger partial charge on any atom is -0.443 e. The van der Waals surface area contributed by atoms with Gasteiger partial charge in [0.2, 0.25) is 5.91 Å². The zero-order valence-corrected chi connectivity index (χ0v) is 13.0. The van der Waals surface area contributed by atoms with Gasteiger partial charge in [-0.25, -0.2) is 4.79 Å². The maximum absolute atomic E-state index is 12.1. The van der Waals surface area contributed by atoms with E-state index in [1.807, 2.05) is 36.5 Å². The molecule has 0 unspecified atom stereocenters. The first-order chi connectivity index (χ1) is 11.6. The number of amides is 2. The monoisotopic (exact) mass is 327 g/mol. The fourth-order valence-corrected chi connectivity index (χ4v) is 3.16. The molecular formula is C17H17N3O4. The first-order valence-electron chi connectivity index (χ1n) is 7.75. The van der Waals surface area contributed by atoms with Crippen molar-refractivity contribution in [2.45, 2.75) is 25.7 Å². The molecule has 0 bridgehead atoms. The summed E-state index contributed by atoms with van der Waals surface area (Å²) in [4.78, 5) is 24.7. The third kappa shape index (κ3) is 2.52. The molecule has 7 nitrogen and oxygen atoms in total. The SMILES string of the molecule is NC(=O)C[C@H]1CN(c2ccc3c(c2)-n2cccc2COC3)C(=O)O1. The van der Waals surface area contributed by atoms with E-state index in [-0.39, 0.29) is 6.42 Å². The number of nitrogens with zero attached hydrogens (tertiary/aromatic N) is 2. The van der Waals surface area contributed by atoms with E-state index in [9.17, 15) is 9.59 Å². The molecule has 1 saturated heterocycles. The molecule has 2 aliphatic rings. The van der Waals surface area contributed by atoms with Gasteiger partial charge in [-0.1, -0.05) is 6.07 Å². The van der Waals surface area contributed by atoms with E-state index in [0.717, 1.165) is 22.6 Å². The molecule has 1 atom stereocenters. The van der Waals surface area contributed by atoms with Gasteiger partial charge >= 0.3 is 6.09 Å². The second-order valence-electron chi connectivity index (χ2n) is 5.96. The molecule has 0 spiro atoms. The minimum atomic E-state index is -0.501. The van der Waals surface area contributed by atoms with Crippen LogP contribution in [0.5, 0.6) is 0 Å². The summed E-state index contributed by atoms with van der Waals surface area (Å²) in [7, 11) is 0. The van der Waals surface area contributed by atoms with Gasteiger partial charge in [0.05, 0.1) is 31.9 Å². The predicted molar refractivity (Wildman–Crippen MR) is 85.7 cm³/mol. The lowest BCUT2D eigenvalue weighted by Crippen LogP contribution is -2.26. The van der Waals surface area contributed by atoms with Gasteiger partial charge in [0.15, 0.2) is 0 Å². The lowest BCUT2D eigenvalue weighted by molar-refractivity contribution is -0.119. The molecular weight excluding hydrogens is 310 g/mol. The Morgan fingerprint density at radius 1 is 1.29 bits per heavy atom. The number of rotatable bonds is 3. The van der Waals surface area contributed by atoms with E-state index in [4.69, 9.17) is 15.2 Å². The number of ether oxygens (including phenoxy) is 2. The molecule has 7 heteroatoms. The van der Waals surface area contributed by atoms with Crippen molar-refractivity contribution >= 4 is 17.7 Å². The number of benzene rings is 1. The summed E-state index contributed by atoms with van der Waals surface area (Å²) in [6.45, 7) is 1.38. The molecule has 2 amide bonds. The van der Waals surface area contributed by atoms with Crippen LogP contribution < -0.4 is 10.6 Å². The van der Waals surface area contributed by atoms with Crippen LogP contribution in [0, 0.1) is 0 Å². The highest BCUT2D eigenvalue weighted by atomic mass is 16.6. The second kappa shape index (κ2) is 5.68. The van der Waals surface area contributed by atoms with Crippen LogP contribution in [0.2, 0.25) is 0 Å². The van der Waals surface area contributed by atoms with Crippen LogP contribution in [0.1, 0.15) is 17.7 Å². The van der Waals surface area contributed by atoms with Crippen LogP contribution >= 0.6 is 0 Å². The van der Waals surface area contributed by atoms with E-state index in [2.05, 4.69) is 4.57 Å². The summed E-state index contributed by atoms with van der Waals surface area (Å²) in [5, 5.41) is 0. The average molecular weight is 327 g/mol. The molecule has 124 valence electrons. The number of anilines is 1. The summed E-state index contributed by atoms with van der Waals surface area (Å²) in [5.41, 5.74) is 9.00. The number of fused-ring (bicyclic) bond motifs is 3. The van der Waals surface area contributed by atoms with Crippen molar-refractivity contribution in [1.29, 1.82) is 0 Å². The molecule has 1 aromatic carbocycles. The van der Waals surface area contributed by atoms with Gasteiger partial charge < -0.3 is 19.8 Å². The van der Waals surface area contributed by atoms with Gasteiger partial charge in [0, 0.05) is 23.1 Å². The average Bonchev–Trinajstić information content (AvgIpc) is 3.10. The largest absolute Gasteiger partial charge is 0.443 e. The maximum Gasteiger partial charge on any atom is 0.414 e. The summed E-state index contributed by atoms with van der Waals surface area (Å²) in [6, 6.07) is 9.74. The van der Waals surface area contributed by atoms with Crippen LogP contribution in [-0.4, -0.2) is 29.2 Å². The smallest absolute Gasteiger partial charge is 0.414 e. The molecule has 4 rings (SSSR count). The number of nitrogens with two attached hydrogens (primary N) is 1. The minimum absolute atomic E-state index is 0.0305. The topological polar surface area (TPSA) is 86.8 Å². The van der Waals surface area contributed by atoms with Crippen molar-refractivity contribution in [3.8, 4) is 5.69 Å². The molecule has 0 radical (unpaired) electrons. The van der Waals surface area contributed by atoms with E-state index < -0.39 is 18.1 Å². The number of carbonyl (C=O) groups is 2. The van der Waals surface area contributed by atoms with Crippen LogP contribution in [0.3, 0.4) is 0 Å². The number of hydrogen-bond donors (Lipinski definition) is 1. The number of cyclic esters (lactones) is 1. The Morgan fingerprint density at radius 3 is 3.00 bits per heavy atom. The van der Waals surface area contributed by atoms with Crippen molar-refractivity contribution in [3.05, 3.63) is 47.8 Å². The standard InChI is InChI=1S/C17H17N3O4/c18-16(21)7-14-8-20(17(22)24-14)12-4-3-11-9-23-10-13-2-1-5-19(13)15(11)6-12/h1-6,14H,7-10H2,(H2,18,21)/t14-/m0/s1. The van der Waals surface area contributed by atoms with E-state index in [1.54, 1.807) is 0 Å². The summed E-state index contributed by atoms with van der Waals surface area (Å²) in [5.74, 6) is -0.481. The Labute approximate surface area is 138 Å². The summed E-state index contributed by atoms with van der Waals surface area (Å²) < 4.78 is 13.0.